The summed E-state index contributed by atoms with van der Waals surface area (Å²) in [6.45, 7) is 3.56. The highest BCUT2D eigenvalue weighted by molar-refractivity contribution is 6.12. The summed E-state index contributed by atoms with van der Waals surface area (Å²) >= 11 is 0. The van der Waals surface area contributed by atoms with E-state index in [1.807, 2.05) is 0 Å². The number of phenolic OH excluding ortho intramolecular Hbond substituents is 1. The standard InChI is InChI=1S/C25H30FN7O5/c1-12-10-33-20-14(7-25(11-34,22(33)13(2)38-12)23(36)31-24(37)28-3)6-15(21(35)18(20)26)19(27)16-8-29-9-17(30-16)32(4)5/h6,8-9,11-13,22,27,35H,7,10H2,1-5H3,(H2,28,31,36,37)/t12-,13+,22?,25?/m1/s1. The quantitative estimate of drug-likeness (QED) is 0.252. The van der Waals surface area contributed by atoms with Crippen LogP contribution < -0.4 is 20.4 Å². The first-order valence-corrected chi connectivity index (χ1v) is 12.0. The zero-order valence-electron chi connectivity index (χ0n) is 21.7. The summed E-state index contributed by atoms with van der Waals surface area (Å²) in [5, 5.41) is 24.0. The molecule has 38 heavy (non-hydrogen) atoms. The number of nitrogens with one attached hydrogen (secondary N) is 3. The first-order chi connectivity index (χ1) is 17.9. The van der Waals surface area contributed by atoms with Crippen molar-refractivity contribution < 1.29 is 28.6 Å². The van der Waals surface area contributed by atoms with Crippen LogP contribution in [0, 0.1) is 16.6 Å². The van der Waals surface area contributed by atoms with Crippen LogP contribution in [-0.4, -0.2) is 84.9 Å². The van der Waals surface area contributed by atoms with Crippen molar-refractivity contribution in [3.05, 3.63) is 41.1 Å². The molecule has 13 heteroatoms. The second-order valence-electron chi connectivity index (χ2n) is 9.74. The van der Waals surface area contributed by atoms with Crippen molar-refractivity contribution >= 4 is 35.4 Å². The Labute approximate surface area is 218 Å². The molecule has 1 aromatic carbocycles. The molecular formula is C25H30FN7O5. The molecule has 4 N–H and O–H groups in total. The first-order valence-electron chi connectivity index (χ1n) is 12.0. The summed E-state index contributed by atoms with van der Waals surface area (Å²) < 4.78 is 21.9. The van der Waals surface area contributed by atoms with Gasteiger partial charge in [-0.15, -0.1) is 0 Å². The van der Waals surface area contributed by atoms with E-state index < -0.39 is 41.1 Å². The number of urea groups is 1. The Hall–Kier alpha value is -4.13. The fraction of sp³-hybridized carbons (Fsp3) is 0.440. The lowest BCUT2D eigenvalue weighted by Gasteiger charge is -2.53. The van der Waals surface area contributed by atoms with Gasteiger partial charge in [0.2, 0.25) is 5.91 Å². The van der Waals surface area contributed by atoms with Gasteiger partial charge in [0.1, 0.15) is 23.2 Å². The Morgan fingerprint density at radius 3 is 2.68 bits per heavy atom. The molecule has 12 nitrogen and oxygen atoms in total. The number of aldehydes is 1. The lowest BCUT2D eigenvalue weighted by molar-refractivity contribution is -0.144. The molecule has 2 aliphatic rings. The number of hydrogen-bond acceptors (Lipinski definition) is 10. The average Bonchev–Trinajstić information content (AvgIpc) is 2.89. The van der Waals surface area contributed by atoms with Crippen LogP contribution in [-0.2, 0) is 20.7 Å². The van der Waals surface area contributed by atoms with Crippen molar-refractivity contribution in [2.24, 2.45) is 5.41 Å². The molecule has 202 valence electrons. The number of aromatic hydroxyl groups is 1. The van der Waals surface area contributed by atoms with E-state index in [0.717, 1.165) is 0 Å². The Bertz CT molecular complexity index is 1320. The fourth-order valence-corrected chi connectivity index (χ4v) is 5.28. The number of hydrogen-bond donors (Lipinski definition) is 4. The molecule has 4 rings (SSSR count). The minimum Gasteiger partial charge on any atom is -0.504 e. The van der Waals surface area contributed by atoms with Gasteiger partial charge in [0.05, 0.1) is 42.0 Å². The van der Waals surface area contributed by atoms with E-state index in [-0.39, 0.29) is 47.3 Å². The van der Waals surface area contributed by atoms with Gasteiger partial charge < -0.3 is 29.8 Å². The maximum absolute atomic E-state index is 15.9. The summed E-state index contributed by atoms with van der Waals surface area (Å²) in [6, 6.07) is -0.382. The third-order valence-corrected chi connectivity index (χ3v) is 6.97. The number of ether oxygens (including phenoxy) is 1. The Balaban J connectivity index is 1.89. The number of anilines is 2. The number of carbonyl (C=O) groups is 3. The van der Waals surface area contributed by atoms with Crippen molar-refractivity contribution in [3.63, 3.8) is 0 Å². The van der Waals surface area contributed by atoms with Gasteiger partial charge in [-0.1, -0.05) is 0 Å². The lowest BCUT2D eigenvalue weighted by Crippen LogP contribution is -2.68. The van der Waals surface area contributed by atoms with E-state index >= 15 is 4.39 Å². The van der Waals surface area contributed by atoms with Gasteiger partial charge in [-0.05, 0) is 31.9 Å². The molecule has 0 saturated carbocycles. The number of carbonyl (C=O) groups excluding carboxylic acids is 3. The van der Waals surface area contributed by atoms with Gasteiger partial charge in [-0.3, -0.25) is 20.5 Å². The molecule has 2 aliphatic heterocycles. The summed E-state index contributed by atoms with van der Waals surface area (Å²) in [5.74, 6) is -2.16. The van der Waals surface area contributed by atoms with Gasteiger partial charge in [-0.2, -0.15) is 0 Å². The van der Waals surface area contributed by atoms with E-state index in [4.69, 9.17) is 10.1 Å². The molecule has 0 radical (unpaired) electrons. The van der Waals surface area contributed by atoms with Crippen molar-refractivity contribution in [1.82, 2.24) is 20.6 Å². The van der Waals surface area contributed by atoms with Gasteiger partial charge in [0.15, 0.2) is 11.6 Å². The van der Waals surface area contributed by atoms with Crippen LogP contribution in [0.1, 0.15) is 30.7 Å². The molecule has 0 spiro atoms. The van der Waals surface area contributed by atoms with E-state index in [1.165, 1.54) is 25.5 Å². The number of fused-ring (bicyclic) bond motifs is 3. The molecular weight excluding hydrogens is 497 g/mol. The van der Waals surface area contributed by atoms with Crippen molar-refractivity contribution in [2.75, 3.05) is 37.5 Å². The monoisotopic (exact) mass is 527 g/mol. The smallest absolute Gasteiger partial charge is 0.321 e. The Morgan fingerprint density at radius 1 is 1.34 bits per heavy atom. The van der Waals surface area contributed by atoms with Crippen LogP contribution in [0.3, 0.4) is 0 Å². The number of benzene rings is 1. The number of rotatable bonds is 5. The van der Waals surface area contributed by atoms with E-state index in [2.05, 4.69) is 20.6 Å². The summed E-state index contributed by atoms with van der Waals surface area (Å²) in [6.07, 6.45) is 1.90. The highest BCUT2D eigenvalue weighted by Crippen LogP contribution is 2.48. The minimum atomic E-state index is -1.83. The average molecular weight is 528 g/mol. The number of phenols is 1. The van der Waals surface area contributed by atoms with Gasteiger partial charge >= 0.3 is 6.03 Å². The third-order valence-electron chi connectivity index (χ3n) is 6.97. The SMILES string of the molecule is CNC(=O)NC(=O)C1(C=O)Cc2cc(C(=N)c3cncc(N(C)C)n3)c(O)c(F)c2N2C[C@@H](C)O[C@@H](C)C21. The molecule has 0 aliphatic carbocycles. The number of halogens is 1. The number of aromatic nitrogens is 2. The topological polar surface area (TPSA) is 161 Å². The van der Waals surface area contributed by atoms with Crippen LogP contribution in [0.2, 0.25) is 0 Å². The number of morpholine rings is 1. The number of amides is 3. The van der Waals surface area contributed by atoms with Crippen LogP contribution in [0.15, 0.2) is 18.5 Å². The Morgan fingerprint density at radius 2 is 2.05 bits per heavy atom. The van der Waals surface area contributed by atoms with Crippen LogP contribution >= 0.6 is 0 Å². The van der Waals surface area contributed by atoms with Crippen LogP contribution in [0.4, 0.5) is 20.7 Å². The second kappa shape index (κ2) is 9.97. The summed E-state index contributed by atoms with van der Waals surface area (Å²) in [4.78, 5) is 49.8. The third kappa shape index (κ3) is 4.32. The maximum Gasteiger partial charge on any atom is 0.321 e. The predicted molar refractivity (Wildman–Crippen MR) is 136 cm³/mol. The molecule has 1 fully saturated rings. The maximum atomic E-state index is 15.9. The fourth-order valence-electron chi connectivity index (χ4n) is 5.28. The van der Waals surface area contributed by atoms with E-state index in [1.54, 1.807) is 37.7 Å². The van der Waals surface area contributed by atoms with Crippen LogP contribution in [0.25, 0.3) is 0 Å². The zero-order chi connectivity index (χ0) is 27.9. The number of imide groups is 1. The van der Waals surface area contributed by atoms with Crippen molar-refractivity contribution in [2.45, 2.75) is 38.5 Å². The molecule has 3 amide bonds. The highest BCUT2D eigenvalue weighted by Gasteiger charge is 2.57. The Kier molecular flexibility index (Phi) is 7.06. The van der Waals surface area contributed by atoms with E-state index in [9.17, 15) is 19.5 Å². The van der Waals surface area contributed by atoms with Crippen LogP contribution in [0.5, 0.6) is 5.75 Å². The molecule has 1 saturated heterocycles. The lowest BCUT2D eigenvalue weighted by atomic mass is 9.68. The highest BCUT2D eigenvalue weighted by atomic mass is 19.1. The van der Waals surface area contributed by atoms with Crippen molar-refractivity contribution in [1.29, 1.82) is 5.41 Å². The molecule has 4 atom stereocenters. The minimum absolute atomic E-state index is 0.0180. The predicted octanol–water partition coefficient (Wildman–Crippen LogP) is 0.983. The van der Waals surface area contributed by atoms with Gasteiger partial charge in [0.25, 0.3) is 0 Å². The largest absolute Gasteiger partial charge is 0.504 e. The molecule has 1 aromatic heterocycles. The molecule has 3 heterocycles. The molecule has 2 aromatic rings. The normalized spacial score (nSPS) is 24.1. The van der Waals surface area contributed by atoms with Crippen molar-refractivity contribution in [3.8, 4) is 5.75 Å². The van der Waals surface area contributed by atoms with Gasteiger partial charge in [0, 0.05) is 33.3 Å². The first kappa shape index (κ1) is 26.9. The van der Waals surface area contributed by atoms with E-state index in [0.29, 0.717) is 12.1 Å². The summed E-state index contributed by atoms with van der Waals surface area (Å²) in [7, 11) is 4.82. The van der Waals surface area contributed by atoms with Gasteiger partial charge in [-0.25, -0.2) is 14.2 Å². The summed E-state index contributed by atoms with van der Waals surface area (Å²) in [5.41, 5.74) is -1.97. The second-order valence-corrected chi connectivity index (χ2v) is 9.74. The molecule has 0 bridgehead atoms. The molecule has 2 unspecified atom stereocenters. The number of nitrogens with zero attached hydrogens (tertiary/aromatic N) is 4. The zero-order valence-corrected chi connectivity index (χ0v) is 21.7.